The first-order valence-corrected chi connectivity index (χ1v) is 8.14. The molecule has 2 rings (SSSR count). The largest absolute Gasteiger partial charge is 0.329 e. The zero-order valence-electron chi connectivity index (χ0n) is 12.0. The predicted molar refractivity (Wildman–Crippen MR) is 79.4 cm³/mol. The van der Waals surface area contributed by atoms with Crippen molar-refractivity contribution < 1.29 is 0 Å². The zero-order chi connectivity index (χ0) is 13.7. The Morgan fingerprint density at radius 1 is 1.37 bits per heavy atom. The molecule has 0 aliphatic carbocycles. The van der Waals surface area contributed by atoms with Crippen LogP contribution in [0.4, 0.5) is 0 Å². The van der Waals surface area contributed by atoms with Crippen LogP contribution in [0.3, 0.4) is 0 Å². The Bertz CT molecular complexity index is 392. The molecule has 0 saturated carbocycles. The van der Waals surface area contributed by atoms with Crippen molar-refractivity contribution in [3.05, 3.63) is 5.82 Å². The van der Waals surface area contributed by atoms with E-state index >= 15 is 0 Å². The Balaban J connectivity index is 1.82. The highest BCUT2D eigenvalue weighted by Crippen LogP contribution is 2.23. The van der Waals surface area contributed by atoms with Crippen LogP contribution in [0.5, 0.6) is 0 Å². The molecule has 0 bridgehead atoms. The molecule has 1 aromatic heterocycles. The van der Waals surface area contributed by atoms with E-state index in [0.29, 0.717) is 6.54 Å². The molecular formula is C13H25N5S. The van der Waals surface area contributed by atoms with E-state index in [0.717, 1.165) is 29.3 Å². The SMILES string of the molecule is Cc1nnc(SCCC2CCCCN2C)n1CCN. The summed E-state index contributed by atoms with van der Waals surface area (Å²) >= 11 is 1.81. The van der Waals surface area contributed by atoms with Gasteiger partial charge in [-0.2, -0.15) is 0 Å². The lowest BCUT2D eigenvalue weighted by Crippen LogP contribution is -2.36. The molecule has 0 amide bonds. The molecular weight excluding hydrogens is 258 g/mol. The maximum absolute atomic E-state index is 5.63. The van der Waals surface area contributed by atoms with Gasteiger partial charge in [-0.15, -0.1) is 10.2 Å². The molecule has 19 heavy (non-hydrogen) atoms. The number of thioether (sulfide) groups is 1. The Kier molecular flexibility index (Phi) is 5.66. The lowest BCUT2D eigenvalue weighted by molar-refractivity contribution is 0.182. The monoisotopic (exact) mass is 283 g/mol. The highest BCUT2D eigenvalue weighted by Gasteiger charge is 2.18. The first kappa shape index (κ1) is 14.8. The van der Waals surface area contributed by atoms with Gasteiger partial charge in [-0.25, -0.2) is 0 Å². The Morgan fingerprint density at radius 3 is 2.95 bits per heavy atom. The first-order chi connectivity index (χ1) is 9.22. The molecule has 0 spiro atoms. The predicted octanol–water partition coefficient (Wildman–Crippen LogP) is 1.51. The van der Waals surface area contributed by atoms with Crippen LogP contribution in [0, 0.1) is 6.92 Å². The van der Waals surface area contributed by atoms with Gasteiger partial charge in [0.05, 0.1) is 0 Å². The summed E-state index contributed by atoms with van der Waals surface area (Å²) in [4.78, 5) is 2.50. The normalized spacial score (nSPS) is 20.9. The quantitative estimate of drug-likeness (QED) is 0.802. The van der Waals surface area contributed by atoms with Crippen molar-refractivity contribution in [3.8, 4) is 0 Å². The van der Waals surface area contributed by atoms with E-state index in [2.05, 4.69) is 26.7 Å². The zero-order valence-corrected chi connectivity index (χ0v) is 12.8. The van der Waals surface area contributed by atoms with Gasteiger partial charge < -0.3 is 15.2 Å². The summed E-state index contributed by atoms with van der Waals surface area (Å²) in [5.74, 6) is 2.07. The lowest BCUT2D eigenvalue weighted by Gasteiger charge is -2.32. The third kappa shape index (κ3) is 3.94. The van der Waals surface area contributed by atoms with Crippen molar-refractivity contribution in [1.82, 2.24) is 19.7 Å². The minimum Gasteiger partial charge on any atom is -0.329 e. The Morgan fingerprint density at radius 2 is 2.21 bits per heavy atom. The summed E-state index contributed by atoms with van der Waals surface area (Å²) in [6.45, 7) is 4.68. The fourth-order valence-electron chi connectivity index (χ4n) is 2.65. The van der Waals surface area contributed by atoms with Gasteiger partial charge in [0, 0.05) is 24.9 Å². The number of nitrogens with zero attached hydrogens (tertiary/aromatic N) is 4. The van der Waals surface area contributed by atoms with Crippen molar-refractivity contribution in [2.45, 2.75) is 50.4 Å². The number of hydrogen-bond acceptors (Lipinski definition) is 5. The number of hydrogen-bond donors (Lipinski definition) is 1. The van der Waals surface area contributed by atoms with Crippen LogP contribution in [-0.2, 0) is 6.54 Å². The third-order valence-corrected chi connectivity index (χ3v) is 4.86. The first-order valence-electron chi connectivity index (χ1n) is 7.15. The van der Waals surface area contributed by atoms with E-state index in [1.165, 1.54) is 32.2 Å². The fourth-order valence-corrected chi connectivity index (χ4v) is 3.70. The molecule has 108 valence electrons. The van der Waals surface area contributed by atoms with Crippen LogP contribution in [0.1, 0.15) is 31.5 Å². The molecule has 1 aliphatic heterocycles. The molecule has 1 aromatic rings. The lowest BCUT2D eigenvalue weighted by atomic mass is 10.0. The maximum Gasteiger partial charge on any atom is 0.191 e. The topological polar surface area (TPSA) is 60.0 Å². The molecule has 2 N–H and O–H groups in total. The molecule has 1 fully saturated rings. The highest BCUT2D eigenvalue weighted by molar-refractivity contribution is 7.99. The second-order valence-corrected chi connectivity index (χ2v) is 6.30. The number of nitrogens with two attached hydrogens (primary N) is 1. The van der Waals surface area contributed by atoms with Gasteiger partial charge in [0.2, 0.25) is 0 Å². The van der Waals surface area contributed by atoms with E-state index in [1.807, 2.05) is 18.7 Å². The smallest absolute Gasteiger partial charge is 0.191 e. The summed E-state index contributed by atoms with van der Waals surface area (Å²) in [6, 6.07) is 0.744. The van der Waals surface area contributed by atoms with Gasteiger partial charge >= 0.3 is 0 Å². The van der Waals surface area contributed by atoms with E-state index in [9.17, 15) is 0 Å². The van der Waals surface area contributed by atoms with E-state index in [-0.39, 0.29) is 0 Å². The fraction of sp³-hybridized carbons (Fsp3) is 0.846. The van der Waals surface area contributed by atoms with Crippen molar-refractivity contribution in [1.29, 1.82) is 0 Å². The minimum absolute atomic E-state index is 0.637. The third-order valence-electron chi connectivity index (χ3n) is 3.86. The highest BCUT2D eigenvalue weighted by atomic mass is 32.2. The van der Waals surface area contributed by atoms with Gasteiger partial charge in [0.25, 0.3) is 0 Å². The van der Waals surface area contributed by atoms with Crippen LogP contribution in [0.25, 0.3) is 0 Å². The summed E-state index contributed by atoms with van der Waals surface area (Å²) in [6.07, 6.45) is 5.30. The average Bonchev–Trinajstić information content (AvgIpc) is 2.74. The van der Waals surface area contributed by atoms with Crippen molar-refractivity contribution in [3.63, 3.8) is 0 Å². The van der Waals surface area contributed by atoms with Crippen LogP contribution in [-0.4, -0.2) is 51.6 Å². The van der Waals surface area contributed by atoms with Gasteiger partial charge in [0.1, 0.15) is 5.82 Å². The van der Waals surface area contributed by atoms with Crippen molar-refractivity contribution in [2.75, 3.05) is 25.9 Å². The van der Waals surface area contributed by atoms with Crippen LogP contribution >= 0.6 is 11.8 Å². The molecule has 1 atom stereocenters. The van der Waals surface area contributed by atoms with Crippen molar-refractivity contribution in [2.24, 2.45) is 5.73 Å². The number of aromatic nitrogens is 3. The molecule has 1 saturated heterocycles. The van der Waals surface area contributed by atoms with Gasteiger partial charge in [0.15, 0.2) is 5.16 Å². The van der Waals surface area contributed by atoms with E-state index < -0.39 is 0 Å². The minimum atomic E-state index is 0.637. The van der Waals surface area contributed by atoms with Crippen LogP contribution in [0.15, 0.2) is 5.16 Å². The van der Waals surface area contributed by atoms with E-state index in [1.54, 1.807) is 0 Å². The molecule has 1 aliphatic rings. The molecule has 2 heterocycles. The summed E-state index contributed by atoms with van der Waals surface area (Å²) in [5.41, 5.74) is 5.63. The molecule has 0 aromatic carbocycles. The standard InChI is InChI=1S/C13H25N5S/c1-11-15-16-13(18(11)9-7-14)19-10-6-12-5-3-4-8-17(12)2/h12H,3-10,14H2,1-2H3. The summed E-state index contributed by atoms with van der Waals surface area (Å²) < 4.78 is 2.12. The number of rotatable bonds is 6. The Hall–Kier alpha value is -0.590. The van der Waals surface area contributed by atoms with Gasteiger partial charge in [-0.05, 0) is 39.8 Å². The summed E-state index contributed by atoms with van der Waals surface area (Å²) in [7, 11) is 2.25. The molecule has 6 heteroatoms. The van der Waals surface area contributed by atoms with Gasteiger partial charge in [-0.3, -0.25) is 0 Å². The average molecular weight is 283 g/mol. The van der Waals surface area contributed by atoms with Crippen LogP contribution < -0.4 is 5.73 Å². The Labute approximate surface area is 119 Å². The van der Waals surface area contributed by atoms with Gasteiger partial charge in [-0.1, -0.05) is 18.2 Å². The molecule has 5 nitrogen and oxygen atoms in total. The molecule has 1 unspecified atom stereocenters. The number of piperidine rings is 1. The second-order valence-electron chi connectivity index (χ2n) is 5.24. The maximum atomic E-state index is 5.63. The molecule has 0 radical (unpaired) electrons. The van der Waals surface area contributed by atoms with Crippen LogP contribution in [0.2, 0.25) is 0 Å². The van der Waals surface area contributed by atoms with Crippen molar-refractivity contribution >= 4 is 11.8 Å². The second kappa shape index (κ2) is 7.26. The van der Waals surface area contributed by atoms with E-state index in [4.69, 9.17) is 5.73 Å². The number of likely N-dealkylation sites (tertiary alicyclic amines) is 1. The summed E-state index contributed by atoms with van der Waals surface area (Å²) in [5, 5.41) is 9.40. The number of aryl methyl sites for hydroxylation is 1.